The lowest BCUT2D eigenvalue weighted by molar-refractivity contribution is -0.153. The van der Waals surface area contributed by atoms with Crippen molar-refractivity contribution in [3.63, 3.8) is 0 Å². The molecule has 3 N–H and O–H groups in total. The van der Waals surface area contributed by atoms with Gasteiger partial charge in [-0.2, -0.15) is 0 Å². The van der Waals surface area contributed by atoms with Crippen LogP contribution in [0.3, 0.4) is 0 Å². The van der Waals surface area contributed by atoms with Gasteiger partial charge in [0.25, 0.3) is 11.8 Å². The first kappa shape index (κ1) is 20.1. The summed E-state index contributed by atoms with van der Waals surface area (Å²) in [6.45, 7) is 0.900. The summed E-state index contributed by atoms with van der Waals surface area (Å²) in [5.41, 5.74) is 0. The second-order valence-corrected chi connectivity index (χ2v) is 7.72. The van der Waals surface area contributed by atoms with Crippen molar-refractivity contribution >= 4 is 56.8 Å². The molecule has 1 aliphatic rings. The fourth-order valence-electron chi connectivity index (χ4n) is 2.35. The predicted octanol–water partition coefficient (Wildman–Crippen LogP) is 2.20. The zero-order valence-corrected chi connectivity index (χ0v) is 16.5. The van der Waals surface area contributed by atoms with Gasteiger partial charge in [0.1, 0.15) is 11.4 Å². The van der Waals surface area contributed by atoms with Crippen LogP contribution in [0.15, 0.2) is 24.3 Å². The zero-order valence-electron chi connectivity index (χ0n) is 14.9. The maximum Gasteiger partial charge on any atom is 0.326 e. The summed E-state index contributed by atoms with van der Waals surface area (Å²) in [6, 6.07) is 6.78. The third kappa shape index (κ3) is 4.99. The first-order valence-corrected chi connectivity index (χ1v) is 9.80. The molecule has 0 bridgehead atoms. The molecule has 28 heavy (non-hydrogen) atoms. The Balaban J connectivity index is 1.47. The Kier molecular flexibility index (Phi) is 6.15. The molecule has 148 valence electrons. The molecule has 0 saturated heterocycles. The molecule has 1 aromatic heterocycles. The van der Waals surface area contributed by atoms with Gasteiger partial charge >= 0.3 is 12.0 Å². The highest BCUT2D eigenvalue weighted by atomic mass is 35.5. The maximum absolute atomic E-state index is 12.3. The SMILES string of the molecule is CC(OC(=O)CNC(=O)c1sc2ccccc2c1Cl)C(=O)NC(=O)NC1CC1. The second-order valence-electron chi connectivity index (χ2n) is 6.29. The molecule has 1 heterocycles. The molecule has 0 spiro atoms. The van der Waals surface area contributed by atoms with Crippen molar-refractivity contribution in [3.8, 4) is 0 Å². The van der Waals surface area contributed by atoms with Crippen LogP contribution in [-0.4, -0.2) is 42.5 Å². The average molecular weight is 424 g/mol. The highest BCUT2D eigenvalue weighted by Crippen LogP contribution is 2.34. The number of hydrogen-bond donors (Lipinski definition) is 3. The van der Waals surface area contributed by atoms with Crippen LogP contribution in [0.25, 0.3) is 10.1 Å². The number of ether oxygens (including phenoxy) is 1. The molecule has 1 saturated carbocycles. The molecule has 1 atom stereocenters. The lowest BCUT2D eigenvalue weighted by Gasteiger charge is -2.13. The number of hydrogen-bond acceptors (Lipinski definition) is 6. The molecular weight excluding hydrogens is 406 g/mol. The van der Waals surface area contributed by atoms with Crippen LogP contribution >= 0.6 is 22.9 Å². The summed E-state index contributed by atoms with van der Waals surface area (Å²) >= 11 is 7.44. The van der Waals surface area contributed by atoms with Gasteiger partial charge < -0.3 is 15.4 Å². The summed E-state index contributed by atoms with van der Waals surface area (Å²) in [5.74, 6) is -2.06. The molecular formula is C18H18ClN3O5S. The normalized spacial score (nSPS) is 14.2. The van der Waals surface area contributed by atoms with E-state index in [1.807, 2.05) is 18.2 Å². The minimum Gasteiger partial charge on any atom is -0.451 e. The van der Waals surface area contributed by atoms with Crippen LogP contribution in [0.1, 0.15) is 29.4 Å². The van der Waals surface area contributed by atoms with E-state index in [1.165, 1.54) is 18.3 Å². The van der Waals surface area contributed by atoms with E-state index in [-0.39, 0.29) is 6.04 Å². The summed E-state index contributed by atoms with van der Waals surface area (Å²) in [7, 11) is 0. The molecule has 10 heteroatoms. The number of halogens is 1. The molecule has 3 rings (SSSR count). The van der Waals surface area contributed by atoms with Gasteiger partial charge in [-0.1, -0.05) is 29.8 Å². The van der Waals surface area contributed by atoms with Crippen LogP contribution in [0.5, 0.6) is 0 Å². The number of fused-ring (bicyclic) bond motifs is 1. The number of benzene rings is 1. The first-order chi connectivity index (χ1) is 13.3. The van der Waals surface area contributed by atoms with E-state index in [4.69, 9.17) is 16.3 Å². The van der Waals surface area contributed by atoms with Crippen LogP contribution in [-0.2, 0) is 14.3 Å². The molecule has 4 amide bonds. The van der Waals surface area contributed by atoms with Crippen molar-refractivity contribution in [2.75, 3.05) is 6.54 Å². The van der Waals surface area contributed by atoms with Gasteiger partial charge in [0, 0.05) is 16.1 Å². The van der Waals surface area contributed by atoms with E-state index < -0.39 is 36.5 Å². The van der Waals surface area contributed by atoms with Gasteiger partial charge in [0.05, 0.1) is 5.02 Å². The summed E-state index contributed by atoms with van der Waals surface area (Å²) in [4.78, 5) is 47.8. The topological polar surface area (TPSA) is 114 Å². The van der Waals surface area contributed by atoms with Crippen LogP contribution in [0, 0.1) is 0 Å². The predicted molar refractivity (Wildman–Crippen MR) is 104 cm³/mol. The number of carbonyl (C=O) groups excluding carboxylic acids is 4. The Labute approximate surface area is 169 Å². The van der Waals surface area contributed by atoms with Gasteiger partial charge in [-0.3, -0.25) is 19.7 Å². The number of urea groups is 1. The average Bonchev–Trinajstić information content (AvgIpc) is 3.41. The standard InChI is InChI=1S/C18H18ClN3O5S/c1-9(16(24)22-18(26)21-10-6-7-10)27-13(23)8-20-17(25)15-14(19)11-4-2-3-5-12(11)28-15/h2-5,9-10H,6-8H2,1H3,(H,20,25)(H2,21,22,24,26). The van der Waals surface area contributed by atoms with Crippen molar-refractivity contribution in [2.45, 2.75) is 31.9 Å². The van der Waals surface area contributed by atoms with Crippen LogP contribution in [0.2, 0.25) is 5.02 Å². The van der Waals surface area contributed by atoms with Crippen molar-refractivity contribution in [1.82, 2.24) is 16.0 Å². The fraction of sp³-hybridized carbons (Fsp3) is 0.333. The number of amides is 4. The number of rotatable bonds is 6. The Morgan fingerprint density at radius 1 is 1.25 bits per heavy atom. The monoisotopic (exact) mass is 423 g/mol. The van der Waals surface area contributed by atoms with Crippen molar-refractivity contribution in [1.29, 1.82) is 0 Å². The van der Waals surface area contributed by atoms with Gasteiger partial charge in [-0.15, -0.1) is 11.3 Å². The molecule has 2 aromatic rings. The van der Waals surface area contributed by atoms with Gasteiger partial charge in [0.15, 0.2) is 6.10 Å². The molecule has 0 radical (unpaired) electrons. The third-order valence-corrected chi connectivity index (χ3v) is 5.64. The largest absolute Gasteiger partial charge is 0.451 e. The van der Waals surface area contributed by atoms with Crippen molar-refractivity contribution in [2.24, 2.45) is 0 Å². The van der Waals surface area contributed by atoms with E-state index in [0.29, 0.717) is 9.90 Å². The number of imide groups is 1. The highest BCUT2D eigenvalue weighted by Gasteiger charge is 2.26. The zero-order chi connectivity index (χ0) is 20.3. The van der Waals surface area contributed by atoms with E-state index in [0.717, 1.165) is 22.9 Å². The van der Waals surface area contributed by atoms with Crippen molar-refractivity contribution in [3.05, 3.63) is 34.2 Å². The summed E-state index contributed by atoms with van der Waals surface area (Å²) < 4.78 is 5.79. The molecule has 1 aromatic carbocycles. The summed E-state index contributed by atoms with van der Waals surface area (Å²) in [5, 5.41) is 8.19. The Bertz CT molecular complexity index is 940. The molecule has 1 fully saturated rings. The molecule has 8 nitrogen and oxygen atoms in total. The minimum atomic E-state index is -1.18. The second kappa shape index (κ2) is 8.57. The van der Waals surface area contributed by atoms with E-state index >= 15 is 0 Å². The Morgan fingerprint density at radius 3 is 2.64 bits per heavy atom. The summed E-state index contributed by atoms with van der Waals surface area (Å²) in [6.07, 6.45) is 0.591. The number of esters is 1. The third-order valence-electron chi connectivity index (χ3n) is 3.96. The Hall–Kier alpha value is -2.65. The fourth-order valence-corrected chi connectivity index (χ4v) is 3.78. The van der Waals surface area contributed by atoms with Crippen molar-refractivity contribution < 1.29 is 23.9 Å². The minimum absolute atomic E-state index is 0.0987. The molecule has 1 unspecified atom stereocenters. The highest BCUT2D eigenvalue weighted by molar-refractivity contribution is 7.21. The maximum atomic E-state index is 12.3. The number of nitrogens with one attached hydrogen (secondary N) is 3. The number of thiophene rings is 1. The number of carbonyl (C=O) groups is 4. The quantitative estimate of drug-likeness (QED) is 0.616. The van der Waals surface area contributed by atoms with E-state index in [9.17, 15) is 19.2 Å². The van der Waals surface area contributed by atoms with E-state index in [2.05, 4.69) is 16.0 Å². The van der Waals surface area contributed by atoms with Gasteiger partial charge in [-0.05, 0) is 25.8 Å². The van der Waals surface area contributed by atoms with Crippen LogP contribution < -0.4 is 16.0 Å². The lowest BCUT2D eigenvalue weighted by atomic mass is 10.2. The van der Waals surface area contributed by atoms with E-state index in [1.54, 1.807) is 6.07 Å². The van der Waals surface area contributed by atoms with Gasteiger partial charge in [0.2, 0.25) is 0 Å². The smallest absolute Gasteiger partial charge is 0.326 e. The molecule has 0 aliphatic heterocycles. The lowest BCUT2D eigenvalue weighted by Crippen LogP contribution is -2.46. The van der Waals surface area contributed by atoms with Gasteiger partial charge in [-0.25, -0.2) is 4.79 Å². The van der Waals surface area contributed by atoms with Crippen LogP contribution in [0.4, 0.5) is 4.79 Å². The molecule has 1 aliphatic carbocycles. The first-order valence-electron chi connectivity index (χ1n) is 8.61. The Morgan fingerprint density at radius 2 is 1.96 bits per heavy atom.